The van der Waals surface area contributed by atoms with E-state index in [1.54, 1.807) is 0 Å². The Bertz CT molecular complexity index is 144. The van der Waals surface area contributed by atoms with Gasteiger partial charge < -0.3 is 15.0 Å². The van der Waals surface area contributed by atoms with Gasteiger partial charge in [-0.25, -0.2) is 0 Å². The van der Waals surface area contributed by atoms with Crippen molar-refractivity contribution in [1.82, 2.24) is 0 Å². The largest absolute Gasteiger partial charge is 1.00 e. The van der Waals surface area contributed by atoms with Gasteiger partial charge in [0.15, 0.2) is 0 Å². The zero-order valence-electron chi connectivity index (χ0n) is 5.72. The van der Waals surface area contributed by atoms with Gasteiger partial charge in [0.1, 0.15) is 5.25 Å². The number of carbonyl (C=O) groups is 2. The smallest absolute Gasteiger partial charge is 0.549 e. The van der Waals surface area contributed by atoms with Gasteiger partial charge in [-0.15, -0.1) is 0 Å². The molecule has 0 aromatic carbocycles. The summed E-state index contributed by atoms with van der Waals surface area (Å²) in [4.78, 5) is 20.0. The molecule has 0 unspecified atom stereocenters. The summed E-state index contributed by atoms with van der Waals surface area (Å²) in [5.74, 6) is -2.86. The van der Waals surface area contributed by atoms with E-state index in [-0.39, 0.29) is 29.6 Å². The SMILES string of the molecule is O=C(O)[C@@H](S)[C@@H](S)C(=O)[O-].[Na+]. The van der Waals surface area contributed by atoms with E-state index in [1.165, 1.54) is 0 Å². The number of aliphatic carboxylic acids is 2. The van der Waals surface area contributed by atoms with Crippen molar-refractivity contribution >= 4 is 37.2 Å². The molecule has 0 saturated heterocycles. The van der Waals surface area contributed by atoms with Crippen molar-refractivity contribution in [3.05, 3.63) is 0 Å². The van der Waals surface area contributed by atoms with Gasteiger partial charge >= 0.3 is 35.5 Å². The molecule has 4 nitrogen and oxygen atoms in total. The molecule has 11 heavy (non-hydrogen) atoms. The van der Waals surface area contributed by atoms with Crippen LogP contribution >= 0.6 is 25.3 Å². The quantitative estimate of drug-likeness (QED) is 0.319. The Balaban J connectivity index is 0. The molecule has 2 atom stereocenters. The first-order valence-electron chi connectivity index (χ1n) is 2.26. The fourth-order valence-electron chi connectivity index (χ4n) is 0.264. The van der Waals surface area contributed by atoms with Gasteiger partial charge in [0, 0.05) is 0 Å². The van der Waals surface area contributed by atoms with Gasteiger partial charge in [-0.05, 0) is 0 Å². The molecule has 0 saturated carbocycles. The minimum atomic E-state index is -1.54. The molecule has 0 rings (SSSR count). The zero-order valence-corrected chi connectivity index (χ0v) is 9.51. The molecule has 0 aromatic rings. The Morgan fingerprint density at radius 1 is 1.27 bits per heavy atom. The van der Waals surface area contributed by atoms with Gasteiger partial charge in [0.05, 0.1) is 11.2 Å². The van der Waals surface area contributed by atoms with Crippen LogP contribution in [0.25, 0.3) is 0 Å². The van der Waals surface area contributed by atoms with Crippen LogP contribution in [0.3, 0.4) is 0 Å². The third kappa shape index (κ3) is 4.97. The number of rotatable bonds is 3. The Hall–Kier alpha value is 0.640. The summed E-state index contributed by atoms with van der Waals surface area (Å²) in [6.07, 6.45) is 0. The Labute approximate surface area is 96.5 Å². The molecular weight excluding hydrogens is 199 g/mol. The Morgan fingerprint density at radius 3 is 1.73 bits per heavy atom. The van der Waals surface area contributed by atoms with Crippen LogP contribution in [-0.4, -0.2) is 27.5 Å². The molecule has 0 aliphatic heterocycles. The van der Waals surface area contributed by atoms with Gasteiger partial charge in [0.25, 0.3) is 0 Å². The molecule has 1 N–H and O–H groups in total. The van der Waals surface area contributed by atoms with E-state index in [2.05, 4.69) is 25.3 Å². The molecule has 0 spiro atoms. The minimum Gasteiger partial charge on any atom is -0.549 e. The van der Waals surface area contributed by atoms with Gasteiger partial charge in [-0.3, -0.25) is 4.79 Å². The minimum absolute atomic E-state index is 0. The summed E-state index contributed by atoms with van der Waals surface area (Å²) in [6.45, 7) is 0. The standard InChI is InChI=1S/C4H6O4S2.Na/c5-3(6)1(9)2(10)4(7)8;/h1-2,9-10H,(H,5,6)(H,7,8);/q;+1/p-1/t1-,2+;. The molecule has 0 bridgehead atoms. The molecule has 0 heterocycles. The first-order valence-corrected chi connectivity index (χ1v) is 3.30. The van der Waals surface area contributed by atoms with Crippen LogP contribution in [0.4, 0.5) is 0 Å². The maximum atomic E-state index is 10.0. The summed E-state index contributed by atoms with van der Waals surface area (Å²) >= 11 is 6.90. The fraction of sp³-hybridized carbons (Fsp3) is 0.500. The number of hydrogen-bond acceptors (Lipinski definition) is 5. The van der Waals surface area contributed by atoms with Crippen LogP contribution in [0, 0.1) is 0 Å². The van der Waals surface area contributed by atoms with Crippen molar-refractivity contribution in [3.63, 3.8) is 0 Å². The molecule has 58 valence electrons. The molecule has 7 heteroatoms. The number of thiol groups is 2. The molecule has 0 aliphatic rings. The molecule has 0 radical (unpaired) electrons. The van der Waals surface area contributed by atoms with E-state index in [0.717, 1.165) is 0 Å². The van der Waals surface area contributed by atoms with E-state index in [4.69, 9.17) is 5.11 Å². The maximum Gasteiger partial charge on any atom is 1.00 e. The predicted octanol–water partition coefficient (Wildman–Crippen LogP) is -4.58. The topological polar surface area (TPSA) is 77.4 Å². The van der Waals surface area contributed by atoms with Crippen LogP contribution in [0.15, 0.2) is 0 Å². The first-order chi connectivity index (χ1) is 4.46. The zero-order chi connectivity index (χ0) is 8.31. The third-order valence-electron chi connectivity index (χ3n) is 0.794. The van der Waals surface area contributed by atoms with Crippen molar-refractivity contribution in [1.29, 1.82) is 0 Å². The summed E-state index contributed by atoms with van der Waals surface area (Å²) in [7, 11) is 0. The molecular formula is C4H5NaO4S2. The van der Waals surface area contributed by atoms with Crippen LogP contribution in [0.1, 0.15) is 0 Å². The van der Waals surface area contributed by atoms with Gasteiger partial charge in [0.2, 0.25) is 0 Å². The molecule has 0 aliphatic carbocycles. The van der Waals surface area contributed by atoms with E-state index in [1.807, 2.05) is 0 Å². The summed E-state index contributed by atoms with van der Waals surface area (Å²) in [6, 6.07) is 0. The molecule has 0 amide bonds. The van der Waals surface area contributed by atoms with E-state index in [9.17, 15) is 14.7 Å². The van der Waals surface area contributed by atoms with Crippen LogP contribution in [0.2, 0.25) is 0 Å². The average Bonchev–Trinajstić information content (AvgIpc) is 1.84. The second-order valence-corrected chi connectivity index (χ2v) is 2.66. The molecule has 0 aromatic heterocycles. The van der Waals surface area contributed by atoms with Crippen molar-refractivity contribution in [2.75, 3.05) is 0 Å². The van der Waals surface area contributed by atoms with Crippen LogP contribution in [-0.2, 0) is 9.59 Å². The molecule has 0 fully saturated rings. The monoisotopic (exact) mass is 204 g/mol. The van der Waals surface area contributed by atoms with E-state index >= 15 is 0 Å². The van der Waals surface area contributed by atoms with Crippen LogP contribution < -0.4 is 34.7 Å². The van der Waals surface area contributed by atoms with Gasteiger partial charge in [-0.2, -0.15) is 25.3 Å². The summed E-state index contributed by atoms with van der Waals surface area (Å²) in [5, 5.41) is 15.4. The Kier molecular flexibility index (Phi) is 7.98. The number of carbonyl (C=O) groups excluding carboxylic acids is 1. The van der Waals surface area contributed by atoms with E-state index in [0.29, 0.717) is 0 Å². The predicted molar refractivity (Wildman–Crippen MR) is 38.2 cm³/mol. The Morgan fingerprint density at radius 2 is 1.64 bits per heavy atom. The van der Waals surface area contributed by atoms with Crippen molar-refractivity contribution in [2.45, 2.75) is 10.5 Å². The van der Waals surface area contributed by atoms with Crippen LogP contribution in [0.5, 0.6) is 0 Å². The number of carboxylic acids is 2. The third-order valence-corrected chi connectivity index (χ3v) is 2.06. The first kappa shape index (κ1) is 14.2. The summed E-state index contributed by atoms with van der Waals surface area (Å²) < 4.78 is 0. The maximum absolute atomic E-state index is 10.0. The summed E-state index contributed by atoms with van der Waals surface area (Å²) in [5.41, 5.74) is 0. The second kappa shape index (κ2) is 6.19. The fourth-order valence-corrected chi connectivity index (χ4v) is 0.513. The van der Waals surface area contributed by atoms with Crippen molar-refractivity contribution < 1.29 is 49.4 Å². The number of hydrogen-bond donors (Lipinski definition) is 3. The second-order valence-electron chi connectivity index (χ2n) is 1.55. The van der Waals surface area contributed by atoms with E-state index < -0.39 is 22.4 Å². The van der Waals surface area contributed by atoms with Crippen molar-refractivity contribution in [3.8, 4) is 0 Å². The average molecular weight is 204 g/mol. The van der Waals surface area contributed by atoms with Crippen molar-refractivity contribution in [2.24, 2.45) is 0 Å². The van der Waals surface area contributed by atoms with Gasteiger partial charge in [-0.1, -0.05) is 0 Å². The number of carboxylic acid groups (broad SMARTS) is 2. The normalized spacial score (nSPS) is 14.4.